The largest absolute Gasteiger partial charge is 0.491 e. The van der Waals surface area contributed by atoms with Crippen LogP contribution in [-0.2, 0) is 4.74 Å². The molecular weight excluding hydrogens is 212 g/mol. The van der Waals surface area contributed by atoms with Gasteiger partial charge in [-0.1, -0.05) is 45.1 Å². The number of rotatable bonds is 5. The molecule has 0 amide bonds. The minimum absolute atomic E-state index is 0.216. The van der Waals surface area contributed by atoms with Crippen LogP contribution >= 0.6 is 0 Å². The van der Waals surface area contributed by atoms with E-state index in [-0.39, 0.29) is 5.41 Å². The third-order valence-corrected chi connectivity index (χ3v) is 2.21. The molecule has 0 fully saturated rings. The first-order chi connectivity index (χ1) is 8.01. The van der Waals surface area contributed by atoms with E-state index in [4.69, 9.17) is 9.47 Å². The highest BCUT2D eigenvalue weighted by atomic mass is 16.5. The number of ether oxygens (including phenoxy) is 2. The van der Waals surface area contributed by atoms with Gasteiger partial charge >= 0.3 is 0 Å². The zero-order valence-electron chi connectivity index (χ0n) is 11.2. The Morgan fingerprint density at radius 3 is 2.24 bits per heavy atom. The topological polar surface area (TPSA) is 18.5 Å². The minimum Gasteiger partial charge on any atom is -0.491 e. The molecule has 0 N–H and O–H groups in total. The number of hydrogen-bond acceptors (Lipinski definition) is 2. The van der Waals surface area contributed by atoms with Crippen molar-refractivity contribution in [3.05, 3.63) is 35.9 Å². The highest BCUT2D eigenvalue weighted by Crippen LogP contribution is 2.18. The van der Waals surface area contributed by atoms with Crippen LogP contribution in [0.1, 0.15) is 26.3 Å². The fraction of sp³-hybridized carbons (Fsp3) is 0.467. The smallest absolute Gasteiger partial charge is 0.119 e. The monoisotopic (exact) mass is 234 g/mol. The molecule has 0 spiro atoms. The van der Waals surface area contributed by atoms with Crippen LogP contribution in [0.4, 0.5) is 0 Å². The van der Waals surface area contributed by atoms with Crippen LogP contribution in [0.15, 0.2) is 30.3 Å². The van der Waals surface area contributed by atoms with E-state index in [1.165, 1.54) is 5.56 Å². The van der Waals surface area contributed by atoms with Crippen LogP contribution in [0, 0.1) is 5.41 Å². The van der Waals surface area contributed by atoms with Crippen molar-refractivity contribution >= 4 is 6.08 Å². The van der Waals surface area contributed by atoms with Crippen molar-refractivity contribution in [3.63, 3.8) is 0 Å². The maximum atomic E-state index is 5.50. The predicted molar refractivity (Wildman–Crippen MR) is 72.3 cm³/mol. The molecule has 1 aromatic rings. The Balaban J connectivity index is 2.53. The summed E-state index contributed by atoms with van der Waals surface area (Å²) >= 11 is 0. The van der Waals surface area contributed by atoms with Crippen LogP contribution in [0.2, 0.25) is 0 Å². The SMILES string of the molecule is COCCOc1ccc(/C=C/C(C)(C)C)cc1. The van der Waals surface area contributed by atoms with E-state index in [9.17, 15) is 0 Å². The number of hydrogen-bond donors (Lipinski definition) is 0. The normalized spacial score (nSPS) is 12.0. The van der Waals surface area contributed by atoms with Gasteiger partial charge in [0.1, 0.15) is 12.4 Å². The van der Waals surface area contributed by atoms with Crippen molar-refractivity contribution in [2.75, 3.05) is 20.3 Å². The van der Waals surface area contributed by atoms with E-state index in [1.54, 1.807) is 7.11 Å². The lowest BCUT2D eigenvalue weighted by atomic mass is 9.95. The van der Waals surface area contributed by atoms with Crippen molar-refractivity contribution in [2.24, 2.45) is 5.41 Å². The second kappa shape index (κ2) is 6.45. The lowest BCUT2D eigenvalue weighted by Crippen LogP contribution is -2.03. The molecule has 0 aliphatic carbocycles. The maximum Gasteiger partial charge on any atom is 0.119 e. The van der Waals surface area contributed by atoms with Gasteiger partial charge in [-0.25, -0.2) is 0 Å². The summed E-state index contributed by atoms with van der Waals surface area (Å²) in [5.41, 5.74) is 1.41. The van der Waals surface area contributed by atoms with Gasteiger partial charge in [0.15, 0.2) is 0 Å². The zero-order valence-corrected chi connectivity index (χ0v) is 11.2. The van der Waals surface area contributed by atoms with Gasteiger partial charge in [0.05, 0.1) is 6.61 Å². The second-order valence-corrected chi connectivity index (χ2v) is 5.11. The van der Waals surface area contributed by atoms with Gasteiger partial charge < -0.3 is 9.47 Å². The van der Waals surface area contributed by atoms with Crippen molar-refractivity contribution in [2.45, 2.75) is 20.8 Å². The molecule has 1 rings (SSSR count). The Hall–Kier alpha value is -1.28. The average molecular weight is 234 g/mol. The quantitative estimate of drug-likeness (QED) is 0.722. The van der Waals surface area contributed by atoms with E-state index >= 15 is 0 Å². The molecular formula is C15H22O2. The molecule has 17 heavy (non-hydrogen) atoms. The van der Waals surface area contributed by atoms with Gasteiger partial charge in [-0.15, -0.1) is 0 Å². The Bertz CT molecular complexity index is 344. The summed E-state index contributed by atoms with van der Waals surface area (Å²) in [5.74, 6) is 0.884. The molecule has 0 unspecified atom stereocenters. The summed E-state index contributed by atoms with van der Waals surface area (Å²) in [6.45, 7) is 7.77. The Morgan fingerprint density at radius 1 is 1.06 bits per heavy atom. The van der Waals surface area contributed by atoms with E-state index in [0.717, 1.165) is 5.75 Å². The lowest BCUT2D eigenvalue weighted by molar-refractivity contribution is 0.146. The summed E-state index contributed by atoms with van der Waals surface area (Å²) in [6, 6.07) is 8.09. The third-order valence-electron chi connectivity index (χ3n) is 2.21. The van der Waals surface area contributed by atoms with E-state index < -0.39 is 0 Å². The second-order valence-electron chi connectivity index (χ2n) is 5.11. The lowest BCUT2D eigenvalue weighted by Gasteiger charge is -2.11. The fourth-order valence-corrected chi connectivity index (χ4v) is 1.26. The van der Waals surface area contributed by atoms with E-state index in [0.29, 0.717) is 13.2 Å². The average Bonchev–Trinajstić information content (AvgIpc) is 2.27. The van der Waals surface area contributed by atoms with Gasteiger partial charge in [0, 0.05) is 7.11 Å². The summed E-state index contributed by atoms with van der Waals surface area (Å²) in [5, 5.41) is 0. The molecule has 1 aromatic carbocycles. The van der Waals surface area contributed by atoms with Crippen molar-refractivity contribution in [3.8, 4) is 5.75 Å². The molecule has 0 aromatic heterocycles. The van der Waals surface area contributed by atoms with Crippen LogP contribution in [0.5, 0.6) is 5.75 Å². The van der Waals surface area contributed by atoms with Crippen LogP contribution in [-0.4, -0.2) is 20.3 Å². The van der Waals surface area contributed by atoms with Crippen molar-refractivity contribution in [1.82, 2.24) is 0 Å². The zero-order chi connectivity index (χ0) is 12.7. The van der Waals surface area contributed by atoms with E-state index in [2.05, 4.69) is 45.1 Å². The first-order valence-corrected chi connectivity index (χ1v) is 5.92. The number of methoxy groups -OCH3 is 1. The highest BCUT2D eigenvalue weighted by molar-refractivity contribution is 5.51. The standard InChI is InChI=1S/C15H22O2/c1-15(2,3)10-9-13-5-7-14(8-6-13)17-12-11-16-4/h5-10H,11-12H2,1-4H3/b10-9+. The number of benzene rings is 1. The molecule has 2 heteroatoms. The van der Waals surface area contributed by atoms with Crippen molar-refractivity contribution in [1.29, 1.82) is 0 Å². The van der Waals surface area contributed by atoms with Crippen LogP contribution in [0.25, 0.3) is 6.08 Å². The van der Waals surface area contributed by atoms with E-state index in [1.807, 2.05) is 12.1 Å². The van der Waals surface area contributed by atoms with Gasteiger partial charge in [0.25, 0.3) is 0 Å². The fourth-order valence-electron chi connectivity index (χ4n) is 1.26. The summed E-state index contributed by atoms with van der Waals surface area (Å²) < 4.78 is 10.4. The number of allylic oxidation sites excluding steroid dienone is 1. The van der Waals surface area contributed by atoms with Crippen LogP contribution in [0.3, 0.4) is 0 Å². The highest BCUT2D eigenvalue weighted by Gasteiger charge is 2.03. The van der Waals surface area contributed by atoms with Gasteiger partial charge in [-0.3, -0.25) is 0 Å². The molecule has 0 bridgehead atoms. The molecule has 0 atom stereocenters. The predicted octanol–water partition coefficient (Wildman–Crippen LogP) is 3.77. The summed E-state index contributed by atoms with van der Waals surface area (Å²) in [7, 11) is 1.67. The summed E-state index contributed by atoms with van der Waals surface area (Å²) in [4.78, 5) is 0. The molecule has 94 valence electrons. The molecule has 0 aliphatic rings. The van der Waals surface area contributed by atoms with Gasteiger partial charge in [-0.05, 0) is 23.1 Å². The molecule has 0 radical (unpaired) electrons. The Labute approximate surface area is 104 Å². The third kappa shape index (κ3) is 6.12. The summed E-state index contributed by atoms with van der Waals surface area (Å²) in [6.07, 6.45) is 4.34. The molecule has 2 nitrogen and oxygen atoms in total. The first-order valence-electron chi connectivity index (χ1n) is 5.92. The molecule has 0 saturated carbocycles. The minimum atomic E-state index is 0.216. The Morgan fingerprint density at radius 2 is 1.71 bits per heavy atom. The van der Waals surface area contributed by atoms with Crippen molar-refractivity contribution < 1.29 is 9.47 Å². The maximum absolute atomic E-state index is 5.50. The van der Waals surface area contributed by atoms with Crippen LogP contribution < -0.4 is 4.74 Å². The van der Waals surface area contributed by atoms with Gasteiger partial charge in [-0.2, -0.15) is 0 Å². The van der Waals surface area contributed by atoms with Gasteiger partial charge in [0.2, 0.25) is 0 Å². The Kier molecular flexibility index (Phi) is 5.23. The first kappa shape index (κ1) is 13.8. The molecule has 0 heterocycles. The molecule has 0 saturated heterocycles. The molecule has 0 aliphatic heterocycles.